The summed E-state index contributed by atoms with van der Waals surface area (Å²) in [7, 11) is 1.65. The number of thioether (sulfide) groups is 1. The monoisotopic (exact) mass is 464 g/mol. The van der Waals surface area contributed by atoms with E-state index in [4.69, 9.17) is 0 Å². The van der Waals surface area contributed by atoms with E-state index < -0.39 is 0 Å². The van der Waals surface area contributed by atoms with Crippen molar-refractivity contribution in [2.24, 2.45) is 0 Å². The van der Waals surface area contributed by atoms with Crippen LogP contribution in [0.2, 0.25) is 0 Å². The first-order valence-electron chi connectivity index (χ1n) is 10.3. The molecule has 1 amide bonds. The number of halogens is 2. The number of amides is 1. The third kappa shape index (κ3) is 5.64. The van der Waals surface area contributed by atoms with E-state index in [1.807, 2.05) is 34.9 Å². The Morgan fingerprint density at radius 1 is 0.939 bits per heavy atom. The average Bonchev–Trinajstić information content (AvgIpc) is 3.22. The predicted molar refractivity (Wildman–Crippen MR) is 125 cm³/mol. The highest BCUT2D eigenvalue weighted by Crippen LogP contribution is 2.26. The zero-order valence-electron chi connectivity index (χ0n) is 18.0. The molecule has 4 aromatic rings. The van der Waals surface area contributed by atoms with Crippen molar-refractivity contribution >= 4 is 17.7 Å². The van der Waals surface area contributed by atoms with Crippen LogP contribution in [0.5, 0.6) is 0 Å². The van der Waals surface area contributed by atoms with E-state index in [-0.39, 0.29) is 29.8 Å². The van der Waals surface area contributed by atoms with Crippen molar-refractivity contribution in [3.05, 3.63) is 102 Å². The molecule has 168 valence electrons. The molecule has 0 fully saturated rings. The molecule has 0 aliphatic carbocycles. The summed E-state index contributed by atoms with van der Waals surface area (Å²) in [6, 6.07) is 22.3. The standard InChI is InChI=1S/C25H22F2N4OS/c1-30(16-20-9-5-6-10-22(20)27)23(32)17-33-25-29-28-24(19-11-13-21(26)14-12-19)31(25)15-18-7-3-2-4-8-18/h2-14H,15-17H2,1H3. The lowest BCUT2D eigenvalue weighted by atomic mass is 10.2. The van der Waals surface area contributed by atoms with Crippen molar-refractivity contribution in [3.8, 4) is 11.4 Å². The Hall–Kier alpha value is -3.52. The minimum absolute atomic E-state index is 0.126. The minimum atomic E-state index is -0.337. The summed E-state index contributed by atoms with van der Waals surface area (Å²) in [6.45, 7) is 0.686. The van der Waals surface area contributed by atoms with E-state index in [0.717, 1.165) is 11.1 Å². The van der Waals surface area contributed by atoms with Gasteiger partial charge in [-0.15, -0.1) is 10.2 Å². The van der Waals surface area contributed by atoms with Crippen LogP contribution in [0.15, 0.2) is 84.0 Å². The van der Waals surface area contributed by atoms with Gasteiger partial charge in [0.05, 0.1) is 12.3 Å². The van der Waals surface area contributed by atoms with E-state index in [0.29, 0.717) is 23.1 Å². The normalized spacial score (nSPS) is 10.9. The lowest BCUT2D eigenvalue weighted by molar-refractivity contribution is -0.127. The number of benzene rings is 3. The van der Waals surface area contributed by atoms with Crippen LogP contribution in [0.4, 0.5) is 8.78 Å². The fourth-order valence-electron chi connectivity index (χ4n) is 3.32. The van der Waals surface area contributed by atoms with Crippen molar-refractivity contribution in [3.63, 3.8) is 0 Å². The van der Waals surface area contributed by atoms with Crippen LogP contribution in [-0.4, -0.2) is 38.4 Å². The van der Waals surface area contributed by atoms with Gasteiger partial charge in [0.2, 0.25) is 5.91 Å². The molecule has 0 aliphatic heterocycles. The quantitative estimate of drug-likeness (QED) is 0.344. The van der Waals surface area contributed by atoms with Gasteiger partial charge in [-0.1, -0.05) is 60.3 Å². The van der Waals surface area contributed by atoms with Crippen LogP contribution < -0.4 is 0 Å². The second-order valence-corrected chi connectivity index (χ2v) is 8.46. The third-order valence-electron chi connectivity index (χ3n) is 5.12. The van der Waals surface area contributed by atoms with Gasteiger partial charge in [-0.2, -0.15) is 0 Å². The summed E-state index contributed by atoms with van der Waals surface area (Å²) in [5, 5.41) is 9.18. The van der Waals surface area contributed by atoms with Crippen LogP contribution in [0.25, 0.3) is 11.4 Å². The molecule has 0 saturated carbocycles. The molecule has 0 saturated heterocycles. The van der Waals surface area contributed by atoms with Crippen molar-refractivity contribution in [1.82, 2.24) is 19.7 Å². The van der Waals surface area contributed by atoms with Crippen LogP contribution in [0.1, 0.15) is 11.1 Å². The maximum atomic E-state index is 13.9. The van der Waals surface area contributed by atoms with Crippen molar-refractivity contribution in [2.45, 2.75) is 18.2 Å². The molecule has 3 aromatic carbocycles. The average molecular weight is 465 g/mol. The topological polar surface area (TPSA) is 51.0 Å². The molecule has 0 unspecified atom stereocenters. The number of carbonyl (C=O) groups excluding carboxylic acids is 1. The second-order valence-electron chi connectivity index (χ2n) is 7.51. The molecule has 33 heavy (non-hydrogen) atoms. The zero-order chi connectivity index (χ0) is 23.2. The Balaban J connectivity index is 1.52. The van der Waals surface area contributed by atoms with Crippen LogP contribution in [0, 0.1) is 11.6 Å². The first kappa shape index (κ1) is 22.7. The summed E-state index contributed by atoms with van der Waals surface area (Å²) in [5.41, 5.74) is 2.24. The zero-order valence-corrected chi connectivity index (χ0v) is 18.8. The molecular formula is C25H22F2N4OS. The molecule has 1 heterocycles. The smallest absolute Gasteiger partial charge is 0.233 e. The van der Waals surface area contributed by atoms with Gasteiger partial charge in [-0.25, -0.2) is 8.78 Å². The Bertz CT molecular complexity index is 1230. The Morgan fingerprint density at radius 2 is 1.64 bits per heavy atom. The summed E-state index contributed by atoms with van der Waals surface area (Å²) in [5.74, 6) is -0.0990. The van der Waals surface area contributed by atoms with E-state index >= 15 is 0 Å². The van der Waals surface area contributed by atoms with Gasteiger partial charge >= 0.3 is 0 Å². The lowest BCUT2D eigenvalue weighted by Crippen LogP contribution is -2.28. The van der Waals surface area contributed by atoms with Crippen LogP contribution >= 0.6 is 11.8 Å². The number of hydrogen-bond donors (Lipinski definition) is 0. The minimum Gasteiger partial charge on any atom is -0.341 e. The SMILES string of the molecule is CN(Cc1ccccc1F)C(=O)CSc1nnc(-c2ccc(F)cc2)n1Cc1ccccc1. The van der Waals surface area contributed by atoms with Crippen molar-refractivity contribution in [2.75, 3.05) is 12.8 Å². The fourth-order valence-corrected chi connectivity index (χ4v) is 4.20. The van der Waals surface area contributed by atoms with Gasteiger partial charge in [0.1, 0.15) is 11.6 Å². The highest BCUT2D eigenvalue weighted by Gasteiger charge is 2.18. The van der Waals surface area contributed by atoms with Gasteiger partial charge in [-0.05, 0) is 35.9 Å². The maximum Gasteiger partial charge on any atom is 0.233 e. The maximum absolute atomic E-state index is 13.9. The predicted octanol–water partition coefficient (Wildman–Crippen LogP) is 5.02. The first-order valence-corrected chi connectivity index (χ1v) is 11.3. The van der Waals surface area contributed by atoms with Crippen molar-refractivity contribution in [1.29, 1.82) is 0 Å². The Morgan fingerprint density at radius 3 is 2.36 bits per heavy atom. The molecule has 0 aliphatic rings. The van der Waals surface area contributed by atoms with Crippen molar-refractivity contribution < 1.29 is 13.6 Å². The Kier molecular flexibility index (Phi) is 7.14. The molecule has 0 spiro atoms. The first-order chi connectivity index (χ1) is 16.0. The Labute approximate surface area is 195 Å². The molecule has 0 bridgehead atoms. The van der Waals surface area contributed by atoms with E-state index in [9.17, 15) is 13.6 Å². The summed E-state index contributed by atoms with van der Waals surface area (Å²) in [6.07, 6.45) is 0. The van der Waals surface area contributed by atoms with E-state index in [2.05, 4.69) is 10.2 Å². The molecule has 8 heteroatoms. The van der Waals surface area contributed by atoms with Gasteiger partial charge in [0.25, 0.3) is 0 Å². The number of hydrogen-bond acceptors (Lipinski definition) is 4. The summed E-state index contributed by atoms with van der Waals surface area (Å²) >= 11 is 1.27. The van der Waals surface area contributed by atoms with E-state index in [1.54, 1.807) is 37.4 Å². The molecular weight excluding hydrogens is 442 g/mol. The highest BCUT2D eigenvalue weighted by molar-refractivity contribution is 7.99. The largest absolute Gasteiger partial charge is 0.341 e. The molecule has 4 rings (SSSR count). The molecule has 5 nitrogen and oxygen atoms in total. The number of rotatable bonds is 8. The summed E-state index contributed by atoms with van der Waals surface area (Å²) in [4.78, 5) is 14.2. The number of aromatic nitrogens is 3. The fraction of sp³-hybridized carbons (Fsp3) is 0.160. The highest BCUT2D eigenvalue weighted by atomic mass is 32.2. The third-order valence-corrected chi connectivity index (χ3v) is 6.07. The van der Waals surface area contributed by atoms with Gasteiger partial charge in [-0.3, -0.25) is 9.36 Å². The molecule has 0 atom stereocenters. The molecule has 0 N–H and O–H groups in total. The number of carbonyl (C=O) groups is 1. The number of nitrogens with zero attached hydrogens (tertiary/aromatic N) is 4. The second kappa shape index (κ2) is 10.4. The van der Waals surface area contributed by atoms with Crippen LogP contribution in [0.3, 0.4) is 0 Å². The van der Waals surface area contributed by atoms with Gasteiger partial charge < -0.3 is 4.90 Å². The van der Waals surface area contributed by atoms with Crippen LogP contribution in [-0.2, 0) is 17.9 Å². The molecule has 1 aromatic heterocycles. The molecule has 0 radical (unpaired) electrons. The lowest BCUT2D eigenvalue weighted by Gasteiger charge is -2.17. The van der Waals surface area contributed by atoms with E-state index in [1.165, 1.54) is 34.9 Å². The van der Waals surface area contributed by atoms with Gasteiger partial charge in [0, 0.05) is 24.7 Å². The van der Waals surface area contributed by atoms with Gasteiger partial charge in [0.15, 0.2) is 11.0 Å². The summed E-state index contributed by atoms with van der Waals surface area (Å²) < 4.78 is 29.2.